The molecule has 2 aromatic carbocycles. The van der Waals surface area contributed by atoms with Crippen LogP contribution in [-0.2, 0) is 13.1 Å². The summed E-state index contributed by atoms with van der Waals surface area (Å²) in [6.45, 7) is 5.86. The van der Waals surface area contributed by atoms with Gasteiger partial charge in [-0.2, -0.15) is 0 Å². The average Bonchev–Trinajstić information content (AvgIpc) is 3.56. The summed E-state index contributed by atoms with van der Waals surface area (Å²) < 4.78 is 4.05. The molecule has 0 saturated carbocycles. The zero-order valence-corrected chi connectivity index (χ0v) is 21.8. The van der Waals surface area contributed by atoms with Gasteiger partial charge in [0.05, 0.1) is 24.3 Å². The molecule has 0 spiro atoms. The Morgan fingerprint density at radius 2 is 1.73 bits per heavy atom. The minimum atomic E-state index is -0.0192. The molecule has 6 nitrogen and oxygen atoms in total. The van der Waals surface area contributed by atoms with Crippen LogP contribution in [-0.4, -0.2) is 36.5 Å². The second-order valence-corrected chi connectivity index (χ2v) is 9.98. The van der Waals surface area contributed by atoms with Crippen molar-refractivity contribution in [2.45, 2.75) is 33.4 Å². The van der Waals surface area contributed by atoms with Crippen molar-refractivity contribution in [3.05, 3.63) is 113 Å². The molecule has 0 aliphatic rings. The van der Waals surface area contributed by atoms with Crippen molar-refractivity contribution in [1.29, 1.82) is 0 Å². The first-order valence-electron chi connectivity index (χ1n) is 12.6. The Kier molecular flexibility index (Phi) is 7.37. The Hall–Kier alpha value is -3.90. The first-order valence-corrected chi connectivity index (χ1v) is 12.9. The van der Waals surface area contributed by atoms with Crippen molar-refractivity contribution in [2.75, 3.05) is 6.54 Å². The maximum atomic E-state index is 14.1. The van der Waals surface area contributed by atoms with E-state index in [1.807, 2.05) is 94.7 Å². The molecule has 1 amide bonds. The minimum Gasteiger partial charge on any atom is -0.331 e. The van der Waals surface area contributed by atoms with Crippen molar-refractivity contribution in [2.24, 2.45) is 5.92 Å². The molecule has 0 radical (unpaired) electrons. The molecule has 3 heterocycles. The number of carbonyl (C=O) groups excluding carboxylic acids is 1. The van der Waals surface area contributed by atoms with E-state index < -0.39 is 0 Å². The Bertz CT molecular complexity index is 1510. The fourth-order valence-corrected chi connectivity index (χ4v) is 4.67. The lowest BCUT2D eigenvalue weighted by Gasteiger charge is -2.25. The van der Waals surface area contributed by atoms with Crippen LogP contribution in [0.25, 0.3) is 16.9 Å². The van der Waals surface area contributed by atoms with E-state index in [2.05, 4.69) is 23.4 Å². The normalized spacial score (nSPS) is 11.4. The summed E-state index contributed by atoms with van der Waals surface area (Å²) in [7, 11) is 0. The molecule has 37 heavy (non-hydrogen) atoms. The first-order chi connectivity index (χ1) is 18.0. The zero-order valence-electron chi connectivity index (χ0n) is 21.1. The predicted molar refractivity (Wildman–Crippen MR) is 148 cm³/mol. The lowest BCUT2D eigenvalue weighted by molar-refractivity contribution is 0.0729. The lowest BCUT2D eigenvalue weighted by atomic mass is 10.1. The third-order valence-corrected chi connectivity index (χ3v) is 6.85. The first kappa shape index (κ1) is 24.8. The van der Waals surface area contributed by atoms with Crippen LogP contribution < -0.4 is 0 Å². The van der Waals surface area contributed by atoms with Gasteiger partial charge >= 0.3 is 0 Å². The molecule has 0 aliphatic heterocycles. The molecule has 5 aromatic rings. The fraction of sp³-hybridized carbons (Fsp3) is 0.233. The number of amides is 1. The largest absolute Gasteiger partial charge is 0.331 e. The van der Waals surface area contributed by atoms with Crippen LogP contribution in [0.1, 0.15) is 42.0 Å². The summed E-state index contributed by atoms with van der Waals surface area (Å²) >= 11 is 6.51. The summed E-state index contributed by atoms with van der Waals surface area (Å²) in [5.41, 5.74) is 4.08. The van der Waals surface area contributed by atoms with E-state index in [4.69, 9.17) is 16.6 Å². The quantitative estimate of drug-likeness (QED) is 0.224. The minimum absolute atomic E-state index is 0.0192. The van der Waals surface area contributed by atoms with Crippen molar-refractivity contribution < 1.29 is 4.79 Å². The van der Waals surface area contributed by atoms with E-state index in [1.165, 1.54) is 0 Å². The van der Waals surface area contributed by atoms with Gasteiger partial charge in [0.25, 0.3) is 5.91 Å². The van der Waals surface area contributed by atoms with Gasteiger partial charge in [-0.15, -0.1) is 0 Å². The highest BCUT2D eigenvalue weighted by atomic mass is 35.5. The van der Waals surface area contributed by atoms with E-state index in [1.54, 1.807) is 6.20 Å². The molecule has 0 bridgehead atoms. The lowest BCUT2D eigenvalue weighted by Crippen LogP contribution is -2.34. The Balaban J connectivity index is 1.54. The molecule has 3 aromatic heterocycles. The van der Waals surface area contributed by atoms with Gasteiger partial charge in [-0.25, -0.2) is 9.97 Å². The second kappa shape index (κ2) is 11.0. The molecule has 0 unspecified atom stereocenters. The number of carbonyl (C=O) groups is 1. The summed E-state index contributed by atoms with van der Waals surface area (Å²) in [6, 6.07) is 23.3. The topological polar surface area (TPSA) is 56.0 Å². The van der Waals surface area contributed by atoms with Crippen molar-refractivity contribution in [3.63, 3.8) is 0 Å². The monoisotopic (exact) mass is 511 g/mol. The number of nitrogens with zero attached hydrogens (tertiary/aromatic N) is 5. The number of imidazole rings is 1. The summed E-state index contributed by atoms with van der Waals surface area (Å²) in [4.78, 5) is 25.5. The van der Waals surface area contributed by atoms with Crippen LogP contribution in [0.2, 0.25) is 5.02 Å². The number of aromatic nitrogens is 4. The molecule has 5 rings (SSSR count). The maximum absolute atomic E-state index is 14.1. The van der Waals surface area contributed by atoms with Crippen molar-refractivity contribution >= 4 is 28.7 Å². The molecular weight excluding hydrogens is 482 g/mol. The van der Waals surface area contributed by atoms with Gasteiger partial charge in [0.15, 0.2) is 5.65 Å². The summed E-state index contributed by atoms with van der Waals surface area (Å²) in [5, 5.41) is 0.694. The van der Waals surface area contributed by atoms with Gasteiger partial charge in [-0.3, -0.25) is 4.79 Å². The van der Waals surface area contributed by atoms with E-state index in [-0.39, 0.29) is 5.91 Å². The Labute approximate surface area is 222 Å². The predicted octanol–water partition coefficient (Wildman–Crippen LogP) is 6.61. The third-order valence-electron chi connectivity index (χ3n) is 6.48. The van der Waals surface area contributed by atoms with Crippen LogP contribution in [0.3, 0.4) is 0 Å². The number of rotatable bonds is 9. The van der Waals surface area contributed by atoms with E-state index in [9.17, 15) is 4.79 Å². The number of pyridine rings is 1. The SMILES string of the molecule is CC(C)CCN(Cc1nc2cccnc2n1Cc1ccccc1Cl)C(=O)c1ccccc1-n1cccc1. The average molecular weight is 512 g/mol. The Morgan fingerprint density at radius 3 is 2.51 bits per heavy atom. The standard InChI is InChI=1S/C30H30ClN5O/c1-22(2)15-19-35(30(37)24-11-4-6-14-27(24)34-17-7-8-18-34)21-28-33-26-13-9-16-32-29(26)36(28)20-23-10-3-5-12-25(23)31/h3-14,16-18,22H,15,19-21H2,1-2H3. The van der Waals surface area contributed by atoms with E-state index >= 15 is 0 Å². The molecule has 0 aliphatic carbocycles. The molecule has 0 N–H and O–H groups in total. The molecule has 188 valence electrons. The van der Waals surface area contributed by atoms with Gasteiger partial charge in [0, 0.05) is 30.2 Å². The van der Waals surface area contributed by atoms with Crippen LogP contribution in [0, 0.1) is 5.92 Å². The maximum Gasteiger partial charge on any atom is 0.256 e. The fourth-order valence-electron chi connectivity index (χ4n) is 4.47. The number of hydrogen-bond donors (Lipinski definition) is 0. The van der Waals surface area contributed by atoms with Crippen LogP contribution >= 0.6 is 11.6 Å². The van der Waals surface area contributed by atoms with Crippen molar-refractivity contribution in [3.8, 4) is 5.69 Å². The smallest absolute Gasteiger partial charge is 0.256 e. The zero-order chi connectivity index (χ0) is 25.8. The van der Waals surface area contributed by atoms with Gasteiger partial charge in [0.1, 0.15) is 11.3 Å². The second-order valence-electron chi connectivity index (χ2n) is 9.57. The molecule has 0 atom stereocenters. The van der Waals surface area contributed by atoms with Crippen LogP contribution in [0.4, 0.5) is 0 Å². The Morgan fingerprint density at radius 1 is 0.973 bits per heavy atom. The third kappa shape index (κ3) is 5.44. The van der Waals surface area contributed by atoms with Gasteiger partial charge in [-0.05, 0) is 60.4 Å². The highest BCUT2D eigenvalue weighted by Crippen LogP contribution is 2.24. The van der Waals surface area contributed by atoms with E-state index in [0.717, 1.165) is 34.7 Å². The number of para-hydroxylation sites is 1. The molecule has 7 heteroatoms. The number of benzene rings is 2. The highest BCUT2D eigenvalue weighted by Gasteiger charge is 2.23. The molecule has 0 fully saturated rings. The van der Waals surface area contributed by atoms with Gasteiger partial charge in [-0.1, -0.05) is 55.8 Å². The van der Waals surface area contributed by atoms with Gasteiger partial charge < -0.3 is 14.0 Å². The van der Waals surface area contributed by atoms with Crippen LogP contribution in [0.5, 0.6) is 0 Å². The van der Waals surface area contributed by atoms with Crippen LogP contribution in [0.15, 0.2) is 91.4 Å². The highest BCUT2D eigenvalue weighted by molar-refractivity contribution is 6.31. The number of hydrogen-bond acceptors (Lipinski definition) is 3. The number of halogens is 1. The summed E-state index contributed by atoms with van der Waals surface area (Å²) in [5.74, 6) is 1.22. The van der Waals surface area contributed by atoms with E-state index in [0.29, 0.717) is 36.1 Å². The summed E-state index contributed by atoms with van der Waals surface area (Å²) in [6.07, 6.45) is 6.57. The van der Waals surface area contributed by atoms with Crippen molar-refractivity contribution in [1.82, 2.24) is 24.0 Å². The van der Waals surface area contributed by atoms with Gasteiger partial charge in [0.2, 0.25) is 0 Å². The number of fused-ring (bicyclic) bond motifs is 1. The molecule has 0 saturated heterocycles. The molecular formula is C30H30ClN5O.